The zero-order valence-electron chi connectivity index (χ0n) is 20.7. The van der Waals surface area contributed by atoms with E-state index in [0.29, 0.717) is 18.3 Å². The van der Waals surface area contributed by atoms with Crippen LogP contribution in [0.1, 0.15) is 61.6 Å². The molecule has 1 amide bonds. The zero-order chi connectivity index (χ0) is 25.1. The van der Waals surface area contributed by atoms with Crippen LogP contribution < -0.4 is 15.0 Å². The van der Waals surface area contributed by atoms with Gasteiger partial charge in [0.1, 0.15) is 18.1 Å². The van der Waals surface area contributed by atoms with Crippen molar-refractivity contribution in [3.8, 4) is 6.01 Å². The number of piperidine rings is 1. The van der Waals surface area contributed by atoms with Crippen LogP contribution in [0, 0.1) is 0 Å². The molecule has 0 aromatic carbocycles. The molecule has 3 atom stereocenters. The molecule has 0 unspecified atom stereocenters. The van der Waals surface area contributed by atoms with Crippen molar-refractivity contribution in [2.24, 2.45) is 0 Å². The number of aromatic nitrogens is 5. The minimum Gasteiger partial charge on any atom is -0.461 e. The zero-order valence-corrected chi connectivity index (χ0v) is 20.7. The number of nitrogens with zero attached hydrogens (tertiary/aromatic N) is 5. The predicted molar refractivity (Wildman–Crippen MR) is 133 cm³/mol. The lowest BCUT2D eigenvalue weighted by molar-refractivity contribution is 0.0242. The van der Waals surface area contributed by atoms with E-state index in [1.807, 2.05) is 13.0 Å². The summed E-state index contributed by atoms with van der Waals surface area (Å²) < 4.78 is 11.7. The lowest BCUT2D eigenvalue weighted by Crippen LogP contribution is -2.37. The smallest absolute Gasteiger partial charge is 0.319 e. The highest BCUT2D eigenvalue weighted by Gasteiger charge is 2.27. The molecule has 2 aliphatic rings. The molecule has 2 fully saturated rings. The maximum atomic E-state index is 12.8. The van der Waals surface area contributed by atoms with Crippen LogP contribution in [0.3, 0.4) is 0 Å². The Labute approximate surface area is 209 Å². The van der Waals surface area contributed by atoms with Gasteiger partial charge in [0.15, 0.2) is 5.65 Å². The van der Waals surface area contributed by atoms with Gasteiger partial charge in [0, 0.05) is 42.7 Å². The molecule has 2 aliphatic heterocycles. The number of H-pyrrole nitrogens is 1. The first-order valence-corrected chi connectivity index (χ1v) is 12.6. The number of carbonyl (C=O) groups is 1. The summed E-state index contributed by atoms with van der Waals surface area (Å²) in [5, 5.41) is 20.7. The molecule has 0 saturated carbocycles. The normalized spacial score (nSPS) is 21.6. The summed E-state index contributed by atoms with van der Waals surface area (Å²) in [6.45, 7) is 5.47. The second-order valence-electron chi connectivity index (χ2n) is 9.68. The van der Waals surface area contributed by atoms with Crippen LogP contribution in [-0.4, -0.2) is 80.7 Å². The number of hydrogen-bond donors (Lipinski definition) is 3. The quantitative estimate of drug-likeness (QED) is 0.429. The number of fused-ring (bicyclic) bond motifs is 1. The van der Waals surface area contributed by atoms with E-state index >= 15 is 0 Å². The van der Waals surface area contributed by atoms with E-state index in [1.165, 1.54) is 0 Å². The summed E-state index contributed by atoms with van der Waals surface area (Å²) in [5.74, 6) is 0.585. The summed E-state index contributed by atoms with van der Waals surface area (Å²) in [6.07, 6.45) is 5.68. The van der Waals surface area contributed by atoms with Gasteiger partial charge in [-0.25, -0.2) is 4.98 Å². The molecule has 192 valence electrons. The first kappa shape index (κ1) is 24.4. The second-order valence-corrected chi connectivity index (χ2v) is 9.68. The van der Waals surface area contributed by atoms with Gasteiger partial charge in [-0.3, -0.25) is 9.89 Å². The fourth-order valence-corrected chi connectivity index (χ4v) is 4.84. The largest absolute Gasteiger partial charge is 0.461 e. The Kier molecular flexibility index (Phi) is 7.28. The van der Waals surface area contributed by atoms with Gasteiger partial charge in [0.05, 0.1) is 24.5 Å². The Morgan fingerprint density at radius 2 is 2.14 bits per heavy atom. The molecular weight excluding hydrogens is 462 g/mol. The Morgan fingerprint density at radius 1 is 1.31 bits per heavy atom. The van der Waals surface area contributed by atoms with Gasteiger partial charge >= 0.3 is 6.01 Å². The van der Waals surface area contributed by atoms with Crippen molar-refractivity contribution in [3.05, 3.63) is 35.8 Å². The molecule has 11 heteroatoms. The number of aliphatic hydroxyl groups is 1. The standard InChI is InChI=1S/C25H33N7O4/c1-15(13-33)27-24(34)20-12-21(29-25(28-20)35-14-18-6-5-16(2)36-18)32-10-7-17(8-11-32)22-19-4-3-9-26-23(19)31-30-22/h3-4,9,12,15-18,33H,5-8,10-11,13-14H2,1-2H3,(H,27,34)(H,26,30,31)/t15-,16-,18+/m1/s1. The molecule has 36 heavy (non-hydrogen) atoms. The summed E-state index contributed by atoms with van der Waals surface area (Å²) in [4.78, 5) is 28.3. The molecule has 3 aromatic heterocycles. The predicted octanol–water partition coefficient (Wildman–Crippen LogP) is 2.19. The van der Waals surface area contributed by atoms with Crippen LogP contribution >= 0.6 is 0 Å². The van der Waals surface area contributed by atoms with Crippen LogP contribution in [0.4, 0.5) is 5.82 Å². The molecule has 0 spiro atoms. The SMILES string of the molecule is C[C@H](CO)NC(=O)c1cc(N2CCC(c3n[nH]c4ncccc34)CC2)nc(OC[C@@H]2CC[C@@H](C)O2)n1. The van der Waals surface area contributed by atoms with Gasteiger partial charge in [-0.1, -0.05) is 0 Å². The molecule has 0 radical (unpaired) electrons. The fourth-order valence-electron chi connectivity index (χ4n) is 4.84. The average molecular weight is 496 g/mol. The summed E-state index contributed by atoms with van der Waals surface area (Å²) in [5.41, 5.74) is 2.07. The minimum absolute atomic E-state index is 0.00662. The van der Waals surface area contributed by atoms with Crippen molar-refractivity contribution >= 4 is 22.8 Å². The monoisotopic (exact) mass is 495 g/mol. The number of pyridine rings is 1. The van der Waals surface area contributed by atoms with E-state index in [1.54, 1.807) is 19.2 Å². The third kappa shape index (κ3) is 5.41. The average Bonchev–Trinajstić information content (AvgIpc) is 3.53. The minimum atomic E-state index is -0.387. The van der Waals surface area contributed by atoms with E-state index in [-0.39, 0.29) is 42.5 Å². The van der Waals surface area contributed by atoms with Gasteiger partial charge in [0.2, 0.25) is 0 Å². The van der Waals surface area contributed by atoms with E-state index < -0.39 is 0 Å². The first-order chi connectivity index (χ1) is 17.5. The molecule has 11 nitrogen and oxygen atoms in total. The highest BCUT2D eigenvalue weighted by molar-refractivity contribution is 5.93. The Bertz CT molecular complexity index is 1190. The summed E-state index contributed by atoms with van der Waals surface area (Å²) in [7, 11) is 0. The van der Waals surface area contributed by atoms with Crippen LogP contribution in [0.5, 0.6) is 6.01 Å². The Balaban J connectivity index is 1.31. The van der Waals surface area contributed by atoms with E-state index in [0.717, 1.165) is 55.5 Å². The molecule has 3 N–H and O–H groups in total. The molecule has 0 aliphatic carbocycles. The highest BCUT2D eigenvalue weighted by atomic mass is 16.5. The van der Waals surface area contributed by atoms with E-state index in [4.69, 9.17) is 9.47 Å². The third-order valence-corrected chi connectivity index (χ3v) is 6.87. The fraction of sp³-hybridized carbons (Fsp3) is 0.560. The molecular formula is C25H33N7O4. The number of aliphatic hydroxyl groups excluding tert-OH is 1. The second kappa shape index (κ2) is 10.8. The maximum absolute atomic E-state index is 12.8. The third-order valence-electron chi connectivity index (χ3n) is 6.87. The first-order valence-electron chi connectivity index (χ1n) is 12.6. The molecule has 5 heterocycles. The van der Waals surface area contributed by atoms with Crippen LogP contribution in [0.25, 0.3) is 11.0 Å². The maximum Gasteiger partial charge on any atom is 0.319 e. The number of hydrogen-bond acceptors (Lipinski definition) is 9. The highest BCUT2D eigenvalue weighted by Crippen LogP contribution is 2.32. The molecule has 5 rings (SSSR count). The summed E-state index contributed by atoms with van der Waals surface area (Å²) in [6, 6.07) is 5.44. The Morgan fingerprint density at radius 3 is 2.89 bits per heavy atom. The van der Waals surface area contributed by atoms with Gasteiger partial charge in [0.25, 0.3) is 5.91 Å². The molecule has 3 aromatic rings. The van der Waals surface area contributed by atoms with Crippen LogP contribution in [-0.2, 0) is 4.74 Å². The lowest BCUT2D eigenvalue weighted by Gasteiger charge is -2.32. The van der Waals surface area contributed by atoms with Gasteiger partial charge in [-0.2, -0.15) is 15.1 Å². The van der Waals surface area contributed by atoms with Gasteiger partial charge < -0.3 is 24.8 Å². The van der Waals surface area contributed by atoms with E-state index in [2.05, 4.69) is 41.4 Å². The summed E-state index contributed by atoms with van der Waals surface area (Å²) >= 11 is 0. The lowest BCUT2D eigenvalue weighted by atomic mass is 9.92. The molecule has 2 saturated heterocycles. The van der Waals surface area contributed by atoms with Crippen molar-refractivity contribution in [1.29, 1.82) is 0 Å². The van der Waals surface area contributed by atoms with Crippen LogP contribution in [0.15, 0.2) is 24.4 Å². The van der Waals surface area contributed by atoms with Crippen LogP contribution in [0.2, 0.25) is 0 Å². The van der Waals surface area contributed by atoms with Crippen molar-refractivity contribution in [1.82, 2.24) is 30.5 Å². The molecule has 0 bridgehead atoms. The van der Waals surface area contributed by atoms with Crippen molar-refractivity contribution in [2.45, 2.75) is 63.7 Å². The number of ether oxygens (including phenoxy) is 2. The number of carbonyl (C=O) groups excluding carboxylic acids is 1. The topological polar surface area (TPSA) is 138 Å². The van der Waals surface area contributed by atoms with Crippen molar-refractivity contribution in [3.63, 3.8) is 0 Å². The van der Waals surface area contributed by atoms with Gasteiger partial charge in [-0.05, 0) is 51.7 Å². The Hall–Kier alpha value is -3.31. The number of amides is 1. The number of rotatable bonds is 8. The van der Waals surface area contributed by atoms with Crippen molar-refractivity contribution in [2.75, 3.05) is 31.2 Å². The van der Waals surface area contributed by atoms with Crippen molar-refractivity contribution < 1.29 is 19.4 Å². The number of aromatic amines is 1. The number of nitrogens with one attached hydrogen (secondary N) is 2. The number of anilines is 1. The van der Waals surface area contributed by atoms with E-state index in [9.17, 15) is 9.90 Å². The van der Waals surface area contributed by atoms with Gasteiger partial charge in [-0.15, -0.1) is 0 Å².